The minimum Gasteiger partial charge on any atom is -0.496 e. The van der Waals surface area contributed by atoms with Crippen LogP contribution in [0.15, 0.2) is 42.7 Å². The highest BCUT2D eigenvalue weighted by Gasteiger charge is 2.28. The van der Waals surface area contributed by atoms with Crippen molar-refractivity contribution in [3.8, 4) is 11.5 Å². The van der Waals surface area contributed by atoms with E-state index in [9.17, 15) is 4.79 Å². The Labute approximate surface area is 148 Å². The van der Waals surface area contributed by atoms with Gasteiger partial charge in [0.1, 0.15) is 23.6 Å². The second-order valence-electron chi connectivity index (χ2n) is 6.12. The summed E-state index contributed by atoms with van der Waals surface area (Å²) in [5.41, 5.74) is 1.73. The molecule has 1 fully saturated rings. The molecular formula is C19H24N3O3+. The summed E-state index contributed by atoms with van der Waals surface area (Å²) >= 11 is 0. The van der Waals surface area contributed by atoms with Crippen LogP contribution in [0.4, 0.5) is 0 Å². The standard InChI is InChI=1S/C19H23N3O3/c1-24-16-6-3-7-17(25-2)18(16)19(23)22-11-9-21(10-12-22)14-15-5-4-8-20-13-15/h3-8,13H,9-12,14H2,1-2H3/p+1. The number of methoxy groups -OCH3 is 2. The maximum absolute atomic E-state index is 13.0. The number of nitrogens with zero attached hydrogens (tertiary/aromatic N) is 2. The van der Waals surface area contributed by atoms with E-state index in [-0.39, 0.29) is 5.91 Å². The number of quaternary nitrogens is 1. The summed E-state index contributed by atoms with van der Waals surface area (Å²) in [5, 5.41) is 0. The highest BCUT2D eigenvalue weighted by atomic mass is 16.5. The molecule has 0 radical (unpaired) electrons. The average Bonchev–Trinajstić information content (AvgIpc) is 2.68. The molecule has 1 N–H and O–H groups in total. The molecule has 2 aromatic rings. The Morgan fingerprint density at radius 2 is 1.80 bits per heavy atom. The molecular weight excluding hydrogens is 318 g/mol. The van der Waals surface area contributed by atoms with Gasteiger partial charge in [0, 0.05) is 18.0 Å². The van der Waals surface area contributed by atoms with Gasteiger partial charge < -0.3 is 19.3 Å². The second-order valence-corrected chi connectivity index (χ2v) is 6.12. The molecule has 1 aliphatic rings. The largest absolute Gasteiger partial charge is 0.496 e. The first-order chi connectivity index (χ1) is 12.2. The Morgan fingerprint density at radius 3 is 2.36 bits per heavy atom. The van der Waals surface area contributed by atoms with E-state index >= 15 is 0 Å². The van der Waals surface area contributed by atoms with Crippen LogP contribution >= 0.6 is 0 Å². The van der Waals surface area contributed by atoms with Crippen molar-refractivity contribution < 1.29 is 19.2 Å². The number of rotatable bonds is 5. The van der Waals surface area contributed by atoms with E-state index in [4.69, 9.17) is 9.47 Å². The van der Waals surface area contributed by atoms with E-state index in [1.165, 1.54) is 10.5 Å². The predicted molar refractivity (Wildman–Crippen MR) is 94.1 cm³/mol. The van der Waals surface area contributed by atoms with Crippen molar-refractivity contribution in [3.63, 3.8) is 0 Å². The molecule has 0 spiro atoms. The average molecular weight is 342 g/mol. The van der Waals surface area contributed by atoms with Gasteiger partial charge in [0.15, 0.2) is 0 Å². The number of carbonyl (C=O) groups is 1. The minimum absolute atomic E-state index is 0.0327. The lowest BCUT2D eigenvalue weighted by Gasteiger charge is -2.32. The number of piperazine rings is 1. The molecule has 1 aromatic heterocycles. The fourth-order valence-corrected chi connectivity index (χ4v) is 3.21. The summed E-state index contributed by atoms with van der Waals surface area (Å²) in [6, 6.07) is 9.46. The number of nitrogens with one attached hydrogen (secondary N) is 1. The quantitative estimate of drug-likeness (QED) is 0.866. The van der Waals surface area contributed by atoms with Crippen LogP contribution in [0, 0.1) is 0 Å². The molecule has 1 aliphatic heterocycles. The van der Waals surface area contributed by atoms with E-state index in [1.54, 1.807) is 32.5 Å². The Bertz CT molecular complexity index is 691. The van der Waals surface area contributed by atoms with Gasteiger partial charge in [-0.3, -0.25) is 9.78 Å². The first-order valence-corrected chi connectivity index (χ1v) is 8.45. The summed E-state index contributed by atoms with van der Waals surface area (Å²) in [7, 11) is 3.14. The van der Waals surface area contributed by atoms with Crippen LogP contribution in [0.3, 0.4) is 0 Å². The third-order valence-corrected chi connectivity index (χ3v) is 4.58. The van der Waals surface area contributed by atoms with Gasteiger partial charge in [0.25, 0.3) is 5.91 Å². The van der Waals surface area contributed by atoms with Crippen molar-refractivity contribution in [2.75, 3.05) is 40.4 Å². The third kappa shape index (κ3) is 3.91. The summed E-state index contributed by atoms with van der Waals surface area (Å²) in [6.07, 6.45) is 3.69. The molecule has 3 rings (SSSR count). The Balaban J connectivity index is 1.66. The van der Waals surface area contributed by atoms with Crippen molar-refractivity contribution in [2.45, 2.75) is 6.54 Å². The molecule has 2 heterocycles. The maximum atomic E-state index is 13.0. The molecule has 1 amide bonds. The Morgan fingerprint density at radius 1 is 1.12 bits per heavy atom. The zero-order valence-corrected chi connectivity index (χ0v) is 14.7. The molecule has 0 atom stereocenters. The van der Waals surface area contributed by atoms with Crippen molar-refractivity contribution >= 4 is 5.91 Å². The second kappa shape index (κ2) is 7.98. The molecule has 132 valence electrons. The number of hydrogen-bond donors (Lipinski definition) is 1. The molecule has 0 unspecified atom stereocenters. The van der Waals surface area contributed by atoms with Crippen LogP contribution in [-0.2, 0) is 6.54 Å². The highest BCUT2D eigenvalue weighted by molar-refractivity contribution is 5.99. The number of amides is 1. The number of carbonyl (C=O) groups excluding carboxylic acids is 1. The van der Waals surface area contributed by atoms with Crippen LogP contribution in [0.25, 0.3) is 0 Å². The molecule has 1 saturated heterocycles. The van der Waals surface area contributed by atoms with Gasteiger partial charge >= 0.3 is 0 Å². The molecule has 6 heteroatoms. The smallest absolute Gasteiger partial charge is 0.261 e. The fraction of sp³-hybridized carbons (Fsp3) is 0.368. The van der Waals surface area contributed by atoms with Gasteiger partial charge in [0.2, 0.25) is 0 Å². The van der Waals surface area contributed by atoms with Crippen molar-refractivity contribution in [1.82, 2.24) is 9.88 Å². The highest BCUT2D eigenvalue weighted by Crippen LogP contribution is 2.29. The van der Waals surface area contributed by atoms with Gasteiger partial charge in [-0.25, -0.2) is 0 Å². The first kappa shape index (κ1) is 17.2. The molecule has 25 heavy (non-hydrogen) atoms. The summed E-state index contributed by atoms with van der Waals surface area (Å²) in [6.45, 7) is 4.20. The van der Waals surface area contributed by atoms with E-state index in [0.29, 0.717) is 17.1 Å². The van der Waals surface area contributed by atoms with Gasteiger partial charge in [-0.05, 0) is 18.2 Å². The SMILES string of the molecule is COc1cccc(OC)c1C(=O)N1CC[NH+](Cc2cccnc2)CC1. The topological polar surface area (TPSA) is 56.1 Å². The maximum Gasteiger partial charge on any atom is 0.261 e. The molecule has 1 aromatic carbocycles. The zero-order valence-electron chi connectivity index (χ0n) is 14.7. The Hall–Kier alpha value is -2.60. The lowest BCUT2D eigenvalue weighted by Crippen LogP contribution is -3.13. The minimum atomic E-state index is -0.0327. The first-order valence-electron chi connectivity index (χ1n) is 8.45. The van der Waals surface area contributed by atoms with E-state index in [1.807, 2.05) is 23.2 Å². The van der Waals surface area contributed by atoms with Crippen LogP contribution < -0.4 is 14.4 Å². The van der Waals surface area contributed by atoms with Crippen LogP contribution in [-0.4, -0.2) is 56.2 Å². The molecule has 0 aliphatic carbocycles. The van der Waals surface area contributed by atoms with Gasteiger partial charge in [-0.2, -0.15) is 0 Å². The van der Waals surface area contributed by atoms with Crippen molar-refractivity contribution in [3.05, 3.63) is 53.9 Å². The normalized spacial score (nSPS) is 15.0. The van der Waals surface area contributed by atoms with Crippen LogP contribution in [0.2, 0.25) is 0 Å². The number of benzene rings is 1. The van der Waals surface area contributed by atoms with Gasteiger partial charge in [-0.1, -0.05) is 12.1 Å². The number of aromatic nitrogens is 1. The van der Waals surface area contributed by atoms with E-state index < -0.39 is 0 Å². The monoisotopic (exact) mass is 342 g/mol. The Kier molecular flexibility index (Phi) is 5.50. The van der Waals surface area contributed by atoms with Gasteiger partial charge in [0.05, 0.1) is 40.4 Å². The number of ether oxygens (including phenoxy) is 2. The molecule has 0 bridgehead atoms. The zero-order chi connectivity index (χ0) is 17.6. The summed E-state index contributed by atoms with van der Waals surface area (Å²) in [4.78, 5) is 20.5. The summed E-state index contributed by atoms with van der Waals surface area (Å²) in [5.74, 6) is 1.07. The third-order valence-electron chi connectivity index (χ3n) is 4.58. The predicted octanol–water partition coefficient (Wildman–Crippen LogP) is 0.640. The number of pyridine rings is 1. The van der Waals surface area contributed by atoms with E-state index in [2.05, 4.69) is 11.1 Å². The van der Waals surface area contributed by atoms with Crippen LogP contribution in [0.5, 0.6) is 11.5 Å². The van der Waals surface area contributed by atoms with Crippen molar-refractivity contribution in [2.24, 2.45) is 0 Å². The van der Waals surface area contributed by atoms with Crippen LogP contribution in [0.1, 0.15) is 15.9 Å². The number of hydrogen-bond acceptors (Lipinski definition) is 4. The van der Waals surface area contributed by atoms with Crippen molar-refractivity contribution in [1.29, 1.82) is 0 Å². The lowest BCUT2D eigenvalue weighted by atomic mass is 10.1. The molecule has 6 nitrogen and oxygen atoms in total. The van der Waals surface area contributed by atoms with E-state index in [0.717, 1.165) is 32.7 Å². The molecule has 0 saturated carbocycles. The summed E-state index contributed by atoms with van der Waals surface area (Å²) < 4.78 is 10.7. The fourth-order valence-electron chi connectivity index (χ4n) is 3.21. The lowest BCUT2D eigenvalue weighted by molar-refractivity contribution is -0.917. The van der Waals surface area contributed by atoms with Gasteiger partial charge in [-0.15, -0.1) is 0 Å².